The second kappa shape index (κ2) is 6.94. The molecule has 134 valence electrons. The Kier molecular flexibility index (Phi) is 5.47. The number of hydrogen-bond acceptors (Lipinski definition) is 5. The number of benzene rings is 1. The first-order chi connectivity index (χ1) is 11.4. The molecule has 0 spiro atoms. The van der Waals surface area contributed by atoms with E-state index in [4.69, 9.17) is 23.2 Å². The van der Waals surface area contributed by atoms with Crippen LogP contribution < -0.4 is 4.72 Å². The molecule has 0 saturated carbocycles. The fraction of sp³-hybridized carbons (Fsp3) is 0.0769. The number of hydrogen-bond donors (Lipinski definition) is 1. The molecule has 1 heterocycles. The number of halogens is 5. The van der Waals surface area contributed by atoms with Crippen molar-refractivity contribution in [2.75, 3.05) is 0 Å². The van der Waals surface area contributed by atoms with E-state index in [0.717, 1.165) is 24.3 Å². The molecule has 0 aliphatic carbocycles. The van der Waals surface area contributed by atoms with E-state index in [1.165, 1.54) is 6.07 Å². The number of carbonyl (C=O) groups is 2. The van der Waals surface area contributed by atoms with Gasteiger partial charge in [0.05, 0.1) is 24.7 Å². The standard InChI is InChI=1S/C13H6Cl2F3NO4S2/c14-7-2-1-6(5-8(7)15)25(22,23)19-12(21)10-4-3-9(24-10)11(20)13(16,17)18/h1-5H,(H,19,21). The summed E-state index contributed by atoms with van der Waals surface area (Å²) in [6, 6.07) is 5.02. The average Bonchev–Trinajstić information content (AvgIpc) is 2.97. The van der Waals surface area contributed by atoms with Gasteiger partial charge in [-0.3, -0.25) is 9.59 Å². The zero-order valence-electron chi connectivity index (χ0n) is 11.7. The van der Waals surface area contributed by atoms with Crippen LogP contribution in [0.25, 0.3) is 0 Å². The molecule has 0 unspecified atom stereocenters. The Hall–Kier alpha value is -1.62. The first kappa shape index (κ1) is 19.7. The van der Waals surface area contributed by atoms with Crippen molar-refractivity contribution in [3.8, 4) is 0 Å². The molecule has 1 aromatic carbocycles. The lowest BCUT2D eigenvalue weighted by atomic mass is 10.3. The van der Waals surface area contributed by atoms with Crippen LogP contribution in [-0.2, 0) is 10.0 Å². The summed E-state index contributed by atoms with van der Waals surface area (Å²) in [5.41, 5.74) is 0. The fourth-order valence-corrected chi connectivity index (χ4v) is 3.88. The third-order valence-electron chi connectivity index (χ3n) is 2.74. The van der Waals surface area contributed by atoms with Gasteiger partial charge in [-0.2, -0.15) is 13.2 Å². The minimum absolute atomic E-state index is 0.0637. The van der Waals surface area contributed by atoms with Crippen molar-refractivity contribution < 1.29 is 31.2 Å². The van der Waals surface area contributed by atoms with Gasteiger partial charge in [-0.05, 0) is 30.3 Å². The van der Waals surface area contributed by atoms with Crippen LogP contribution >= 0.6 is 34.5 Å². The lowest BCUT2D eigenvalue weighted by Crippen LogP contribution is -2.30. The molecular weight excluding hydrogens is 426 g/mol. The van der Waals surface area contributed by atoms with Gasteiger partial charge >= 0.3 is 6.18 Å². The molecule has 12 heteroatoms. The summed E-state index contributed by atoms with van der Waals surface area (Å²) in [5.74, 6) is -3.30. The van der Waals surface area contributed by atoms with Crippen molar-refractivity contribution in [3.63, 3.8) is 0 Å². The van der Waals surface area contributed by atoms with Crippen molar-refractivity contribution in [2.24, 2.45) is 0 Å². The summed E-state index contributed by atoms with van der Waals surface area (Å²) in [5, 5.41) is 0.0340. The quantitative estimate of drug-likeness (QED) is 0.743. The monoisotopic (exact) mass is 431 g/mol. The molecule has 0 radical (unpaired) electrons. The number of amides is 1. The molecule has 0 bridgehead atoms. The highest BCUT2D eigenvalue weighted by Crippen LogP contribution is 2.27. The van der Waals surface area contributed by atoms with Gasteiger partial charge in [0, 0.05) is 0 Å². The Balaban J connectivity index is 2.23. The minimum atomic E-state index is -5.09. The van der Waals surface area contributed by atoms with Crippen molar-refractivity contribution >= 4 is 56.3 Å². The van der Waals surface area contributed by atoms with E-state index in [-0.39, 0.29) is 31.2 Å². The zero-order chi connectivity index (χ0) is 19.0. The van der Waals surface area contributed by atoms with Gasteiger partial charge in [-0.1, -0.05) is 23.2 Å². The number of carbonyl (C=O) groups excluding carboxylic acids is 2. The van der Waals surface area contributed by atoms with Crippen molar-refractivity contribution in [1.29, 1.82) is 0 Å². The van der Waals surface area contributed by atoms with Gasteiger partial charge in [-0.25, -0.2) is 13.1 Å². The SMILES string of the molecule is O=C(NS(=O)(=O)c1ccc(Cl)c(Cl)c1)c1ccc(C(=O)C(F)(F)F)s1. The largest absolute Gasteiger partial charge is 0.455 e. The Morgan fingerprint density at radius 3 is 2.16 bits per heavy atom. The average molecular weight is 432 g/mol. The number of sulfonamides is 1. The van der Waals surface area contributed by atoms with Crippen LogP contribution in [0.3, 0.4) is 0 Å². The van der Waals surface area contributed by atoms with E-state index in [2.05, 4.69) is 0 Å². The lowest BCUT2D eigenvalue weighted by molar-refractivity contribution is -0.0882. The van der Waals surface area contributed by atoms with Gasteiger partial charge in [0.2, 0.25) is 0 Å². The van der Waals surface area contributed by atoms with Crippen LogP contribution in [-0.4, -0.2) is 26.3 Å². The number of nitrogens with one attached hydrogen (secondary N) is 1. The summed E-state index contributed by atoms with van der Waals surface area (Å²) in [6.45, 7) is 0. The molecule has 1 aromatic heterocycles. The van der Waals surface area contributed by atoms with E-state index in [1.54, 1.807) is 4.72 Å². The highest BCUT2D eigenvalue weighted by Gasteiger charge is 2.40. The Bertz CT molecular complexity index is 954. The van der Waals surface area contributed by atoms with Gasteiger partial charge < -0.3 is 0 Å². The van der Waals surface area contributed by atoms with E-state index in [1.807, 2.05) is 0 Å². The second-order valence-electron chi connectivity index (χ2n) is 4.50. The summed E-state index contributed by atoms with van der Waals surface area (Å²) in [6.07, 6.45) is -5.09. The van der Waals surface area contributed by atoms with E-state index >= 15 is 0 Å². The predicted molar refractivity (Wildman–Crippen MR) is 85.8 cm³/mol. The first-order valence-corrected chi connectivity index (χ1v) is 9.21. The molecule has 0 saturated heterocycles. The minimum Gasteiger partial charge on any atom is -0.283 e. The Morgan fingerprint density at radius 2 is 1.60 bits per heavy atom. The number of ketones is 1. The maximum Gasteiger partial charge on any atom is 0.455 e. The molecular formula is C13H6Cl2F3NO4S2. The molecule has 2 rings (SSSR count). The smallest absolute Gasteiger partial charge is 0.283 e. The van der Waals surface area contributed by atoms with E-state index < -0.39 is 32.8 Å². The molecule has 5 nitrogen and oxygen atoms in total. The molecule has 0 aliphatic rings. The predicted octanol–water partition coefficient (Wildman–Crippen LogP) is 3.92. The van der Waals surface area contributed by atoms with E-state index in [9.17, 15) is 31.2 Å². The van der Waals surface area contributed by atoms with Crippen molar-refractivity contribution in [3.05, 3.63) is 50.1 Å². The molecule has 2 aromatic rings. The van der Waals surface area contributed by atoms with Gasteiger partial charge in [-0.15, -0.1) is 11.3 Å². The zero-order valence-corrected chi connectivity index (χ0v) is 14.9. The maximum atomic E-state index is 12.3. The lowest BCUT2D eigenvalue weighted by Gasteiger charge is -2.07. The third-order valence-corrected chi connectivity index (χ3v) is 5.89. The Morgan fingerprint density at radius 1 is 1.00 bits per heavy atom. The number of Topliss-reactive ketones (excluding diaryl/α,β-unsaturated/α-hetero) is 1. The first-order valence-electron chi connectivity index (χ1n) is 6.15. The summed E-state index contributed by atoms with van der Waals surface area (Å²) in [7, 11) is -4.33. The van der Waals surface area contributed by atoms with Crippen LogP contribution in [0.2, 0.25) is 10.0 Å². The molecule has 0 fully saturated rings. The van der Waals surface area contributed by atoms with Crippen molar-refractivity contribution in [2.45, 2.75) is 11.1 Å². The molecule has 0 aliphatic heterocycles. The maximum absolute atomic E-state index is 12.3. The van der Waals surface area contributed by atoms with Gasteiger partial charge in [0.15, 0.2) is 0 Å². The number of thiophene rings is 1. The number of alkyl halides is 3. The summed E-state index contributed by atoms with van der Waals surface area (Å²) >= 11 is 11.6. The summed E-state index contributed by atoms with van der Waals surface area (Å²) < 4.78 is 62.9. The number of rotatable bonds is 4. The molecule has 0 atom stereocenters. The highest BCUT2D eigenvalue weighted by atomic mass is 35.5. The van der Waals surface area contributed by atoms with Gasteiger partial charge in [0.1, 0.15) is 0 Å². The van der Waals surface area contributed by atoms with Gasteiger partial charge in [0.25, 0.3) is 21.7 Å². The van der Waals surface area contributed by atoms with Crippen LogP contribution in [0, 0.1) is 0 Å². The van der Waals surface area contributed by atoms with Crippen molar-refractivity contribution in [1.82, 2.24) is 4.72 Å². The summed E-state index contributed by atoms with van der Waals surface area (Å²) in [4.78, 5) is 21.6. The van der Waals surface area contributed by atoms with Crippen LogP contribution in [0.4, 0.5) is 13.2 Å². The van der Waals surface area contributed by atoms with Crippen LogP contribution in [0.5, 0.6) is 0 Å². The fourth-order valence-electron chi connectivity index (χ4n) is 1.60. The Labute approximate surface area is 153 Å². The third kappa shape index (κ3) is 4.51. The van der Waals surface area contributed by atoms with E-state index in [0.29, 0.717) is 0 Å². The molecule has 25 heavy (non-hydrogen) atoms. The second-order valence-corrected chi connectivity index (χ2v) is 8.08. The topological polar surface area (TPSA) is 80.3 Å². The normalized spacial score (nSPS) is 12.0. The van der Waals surface area contributed by atoms with Crippen LogP contribution in [0.15, 0.2) is 35.2 Å². The molecule has 1 N–H and O–H groups in total. The molecule has 1 amide bonds. The highest BCUT2D eigenvalue weighted by molar-refractivity contribution is 7.90. The van der Waals surface area contributed by atoms with Crippen LogP contribution in [0.1, 0.15) is 19.3 Å².